The van der Waals surface area contributed by atoms with Crippen LogP contribution in [0.3, 0.4) is 0 Å². The van der Waals surface area contributed by atoms with Crippen molar-refractivity contribution in [3.63, 3.8) is 0 Å². The predicted molar refractivity (Wildman–Crippen MR) is 99.0 cm³/mol. The number of nitrogens with one attached hydrogen (secondary N) is 2. The molecule has 2 aromatic carbocycles. The number of carbonyl (C=O) groups excluding carboxylic acids is 1. The Balaban J connectivity index is 2.04. The molecule has 7 heteroatoms. The van der Waals surface area contributed by atoms with Gasteiger partial charge in [-0.25, -0.2) is 8.42 Å². The lowest BCUT2D eigenvalue weighted by atomic mass is 10.1. The molecule has 0 aliphatic heterocycles. The van der Waals surface area contributed by atoms with Crippen LogP contribution in [0.5, 0.6) is 0 Å². The third-order valence-electron chi connectivity index (χ3n) is 3.47. The van der Waals surface area contributed by atoms with Gasteiger partial charge in [-0.3, -0.25) is 9.52 Å². The minimum Gasteiger partial charge on any atom is -0.367 e. The normalized spacial score (nSPS) is 12.4. The highest BCUT2D eigenvalue weighted by Gasteiger charge is 2.19. The van der Waals surface area contributed by atoms with Crippen molar-refractivity contribution >= 4 is 27.3 Å². The molecule has 2 rings (SSSR count). The van der Waals surface area contributed by atoms with Crippen LogP contribution in [0.25, 0.3) is 0 Å². The molecule has 6 nitrogen and oxygen atoms in total. The second-order valence-electron chi connectivity index (χ2n) is 5.51. The highest BCUT2D eigenvalue weighted by molar-refractivity contribution is 7.92. The molecule has 0 aromatic heterocycles. The van der Waals surface area contributed by atoms with Gasteiger partial charge in [-0.15, -0.1) is 0 Å². The Morgan fingerprint density at radius 3 is 2.20 bits per heavy atom. The van der Waals surface area contributed by atoms with Gasteiger partial charge in [0.05, 0.1) is 5.75 Å². The van der Waals surface area contributed by atoms with Crippen molar-refractivity contribution in [2.24, 2.45) is 0 Å². The van der Waals surface area contributed by atoms with E-state index in [-0.39, 0.29) is 11.7 Å². The molecule has 2 N–H and O–H groups in total. The number of anilines is 2. The fourth-order valence-corrected chi connectivity index (χ4v) is 3.49. The SMILES string of the molecule is CCCS(=O)(=O)Nc1ccc(NC(=O)C(OC)c2ccccc2)cc1. The van der Waals surface area contributed by atoms with Crippen molar-refractivity contribution in [2.45, 2.75) is 19.4 Å². The summed E-state index contributed by atoms with van der Waals surface area (Å²) in [5.41, 5.74) is 1.77. The van der Waals surface area contributed by atoms with Crippen molar-refractivity contribution < 1.29 is 17.9 Å². The Morgan fingerprint density at radius 2 is 1.64 bits per heavy atom. The Bertz CT molecular complexity index is 790. The molecule has 2 aromatic rings. The summed E-state index contributed by atoms with van der Waals surface area (Å²) in [6.45, 7) is 1.80. The first-order valence-corrected chi connectivity index (χ1v) is 9.59. The highest BCUT2D eigenvalue weighted by atomic mass is 32.2. The monoisotopic (exact) mass is 362 g/mol. The third kappa shape index (κ3) is 5.58. The van der Waals surface area contributed by atoms with Gasteiger partial charge in [-0.2, -0.15) is 0 Å². The lowest BCUT2D eigenvalue weighted by molar-refractivity contribution is -0.126. The van der Waals surface area contributed by atoms with Crippen molar-refractivity contribution in [2.75, 3.05) is 22.9 Å². The minimum atomic E-state index is -3.33. The van der Waals surface area contributed by atoms with Crippen molar-refractivity contribution in [3.05, 3.63) is 60.2 Å². The largest absolute Gasteiger partial charge is 0.367 e. The molecule has 1 atom stereocenters. The molecule has 25 heavy (non-hydrogen) atoms. The Morgan fingerprint density at radius 1 is 1.04 bits per heavy atom. The van der Waals surface area contributed by atoms with Crippen LogP contribution in [-0.2, 0) is 19.6 Å². The molecule has 0 saturated heterocycles. The molecule has 1 unspecified atom stereocenters. The third-order valence-corrected chi connectivity index (χ3v) is 4.97. The van der Waals surface area contributed by atoms with E-state index in [1.165, 1.54) is 7.11 Å². The number of carbonyl (C=O) groups is 1. The number of hydrogen-bond donors (Lipinski definition) is 2. The van der Waals surface area contributed by atoms with E-state index in [0.29, 0.717) is 17.8 Å². The molecular formula is C18H22N2O4S. The molecular weight excluding hydrogens is 340 g/mol. The number of sulfonamides is 1. The number of amides is 1. The van der Waals surface area contributed by atoms with E-state index < -0.39 is 16.1 Å². The zero-order valence-electron chi connectivity index (χ0n) is 14.2. The first-order valence-electron chi connectivity index (χ1n) is 7.94. The highest BCUT2D eigenvalue weighted by Crippen LogP contribution is 2.20. The zero-order chi connectivity index (χ0) is 18.3. The molecule has 1 amide bonds. The van der Waals surface area contributed by atoms with Crippen LogP contribution in [0.15, 0.2) is 54.6 Å². The van der Waals surface area contributed by atoms with E-state index in [0.717, 1.165) is 5.56 Å². The summed E-state index contributed by atoms with van der Waals surface area (Å²) in [7, 11) is -1.86. The number of hydrogen-bond acceptors (Lipinski definition) is 4. The quantitative estimate of drug-likeness (QED) is 0.755. The molecule has 0 radical (unpaired) electrons. The van der Waals surface area contributed by atoms with Gasteiger partial charge in [0.2, 0.25) is 10.0 Å². The minimum absolute atomic E-state index is 0.0675. The van der Waals surface area contributed by atoms with Gasteiger partial charge in [-0.05, 0) is 36.2 Å². The first-order chi connectivity index (χ1) is 11.9. The number of ether oxygens (including phenoxy) is 1. The summed E-state index contributed by atoms with van der Waals surface area (Å²) in [5, 5.41) is 2.77. The molecule has 0 saturated carbocycles. The number of benzene rings is 2. The molecule has 0 aliphatic rings. The lowest BCUT2D eigenvalue weighted by Gasteiger charge is -2.16. The van der Waals surface area contributed by atoms with Crippen LogP contribution in [0.1, 0.15) is 25.0 Å². The van der Waals surface area contributed by atoms with E-state index in [2.05, 4.69) is 10.0 Å². The van der Waals surface area contributed by atoms with Gasteiger partial charge in [0.15, 0.2) is 6.10 Å². The molecule has 0 fully saturated rings. The van der Waals surface area contributed by atoms with Gasteiger partial charge in [-0.1, -0.05) is 37.3 Å². The van der Waals surface area contributed by atoms with Crippen LogP contribution in [0, 0.1) is 0 Å². The van der Waals surface area contributed by atoms with Gasteiger partial charge in [0.25, 0.3) is 5.91 Å². The Hall–Kier alpha value is -2.38. The van der Waals surface area contributed by atoms with Crippen molar-refractivity contribution in [3.8, 4) is 0 Å². The Labute approximate surface area is 148 Å². The molecule has 0 bridgehead atoms. The smallest absolute Gasteiger partial charge is 0.258 e. The zero-order valence-corrected chi connectivity index (χ0v) is 15.0. The van der Waals surface area contributed by atoms with E-state index in [1.807, 2.05) is 30.3 Å². The van der Waals surface area contributed by atoms with E-state index in [4.69, 9.17) is 4.74 Å². The topological polar surface area (TPSA) is 84.5 Å². The summed E-state index contributed by atoms with van der Waals surface area (Å²) in [6.07, 6.45) is -0.176. The van der Waals surface area contributed by atoms with Crippen molar-refractivity contribution in [1.82, 2.24) is 0 Å². The summed E-state index contributed by atoms with van der Waals surface area (Å²) < 4.78 is 31.3. The van der Waals surface area contributed by atoms with Gasteiger partial charge in [0, 0.05) is 18.5 Å². The van der Waals surface area contributed by atoms with Crippen LogP contribution < -0.4 is 10.0 Å². The van der Waals surface area contributed by atoms with Crippen LogP contribution in [-0.4, -0.2) is 27.2 Å². The maximum absolute atomic E-state index is 12.4. The van der Waals surface area contributed by atoms with Crippen LogP contribution >= 0.6 is 0 Å². The summed E-state index contributed by atoms with van der Waals surface area (Å²) in [6, 6.07) is 15.7. The predicted octanol–water partition coefficient (Wildman–Crippen LogP) is 3.16. The fourth-order valence-electron chi connectivity index (χ4n) is 2.35. The first kappa shape index (κ1) is 19.0. The Kier molecular flexibility index (Phi) is 6.55. The van der Waals surface area contributed by atoms with E-state index in [9.17, 15) is 13.2 Å². The number of methoxy groups -OCH3 is 1. The van der Waals surface area contributed by atoms with E-state index in [1.54, 1.807) is 31.2 Å². The second-order valence-corrected chi connectivity index (χ2v) is 7.36. The van der Waals surface area contributed by atoms with Gasteiger partial charge in [0.1, 0.15) is 0 Å². The number of rotatable bonds is 8. The average Bonchev–Trinajstić information content (AvgIpc) is 2.58. The molecule has 0 heterocycles. The average molecular weight is 362 g/mol. The second kappa shape index (κ2) is 8.64. The molecule has 0 aliphatic carbocycles. The van der Waals surface area contributed by atoms with Crippen molar-refractivity contribution in [1.29, 1.82) is 0 Å². The molecule has 134 valence electrons. The maximum atomic E-state index is 12.4. The van der Waals surface area contributed by atoms with Gasteiger partial charge < -0.3 is 10.1 Å². The lowest BCUT2D eigenvalue weighted by Crippen LogP contribution is -2.22. The van der Waals surface area contributed by atoms with Crippen LogP contribution in [0.2, 0.25) is 0 Å². The maximum Gasteiger partial charge on any atom is 0.258 e. The summed E-state index contributed by atoms with van der Waals surface area (Å²) in [4.78, 5) is 12.4. The van der Waals surface area contributed by atoms with E-state index >= 15 is 0 Å². The molecule has 0 spiro atoms. The van der Waals surface area contributed by atoms with Gasteiger partial charge >= 0.3 is 0 Å². The standard InChI is InChI=1S/C18H22N2O4S/c1-3-13-25(22,23)20-16-11-9-15(10-12-16)19-18(21)17(24-2)14-7-5-4-6-8-14/h4-12,17,20H,3,13H2,1-2H3,(H,19,21). The van der Waals surface area contributed by atoms with Crippen LogP contribution in [0.4, 0.5) is 11.4 Å². The summed E-state index contributed by atoms with van der Waals surface area (Å²) in [5.74, 6) is -0.231. The fraction of sp³-hybridized carbons (Fsp3) is 0.278. The summed E-state index contributed by atoms with van der Waals surface area (Å²) >= 11 is 0.